The fourth-order valence-corrected chi connectivity index (χ4v) is 1.26. The minimum Gasteiger partial charge on any atom is -0.444 e. The van der Waals surface area contributed by atoms with Crippen LogP contribution in [-0.2, 0) is 4.74 Å². The van der Waals surface area contributed by atoms with Crippen LogP contribution in [0.1, 0.15) is 20.8 Å². The fourth-order valence-electron chi connectivity index (χ4n) is 1.26. The van der Waals surface area contributed by atoms with Crippen LogP contribution in [0.5, 0.6) is 0 Å². The van der Waals surface area contributed by atoms with Crippen molar-refractivity contribution in [3.05, 3.63) is 29.2 Å². The lowest BCUT2D eigenvalue weighted by Crippen LogP contribution is -2.29. The molecule has 0 atom stereocenters. The molecule has 7 heteroatoms. The first-order chi connectivity index (χ1) is 8.31. The van der Waals surface area contributed by atoms with Gasteiger partial charge in [0.1, 0.15) is 5.60 Å². The van der Waals surface area contributed by atoms with Gasteiger partial charge in [-0.2, -0.15) is 4.91 Å². The number of hydrogen-bond donors (Lipinski definition) is 2. The predicted octanol–water partition coefficient (Wildman–Crippen LogP) is 1.49. The van der Waals surface area contributed by atoms with E-state index >= 15 is 0 Å². The highest BCUT2D eigenvalue weighted by molar-refractivity contribution is 6.64. The van der Waals surface area contributed by atoms with Gasteiger partial charge in [0.2, 0.25) is 0 Å². The van der Waals surface area contributed by atoms with Crippen LogP contribution in [0, 0.1) is 4.91 Å². The summed E-state index contributed by atoms with van der Waals surface area (Å²) in [6.07, 6.45) is -0.604. The third-order valence-corrected chi connectivity index (χ3v) is 1.93. The van der Waals surface area contributed by atoms with E-state index in [1.54, 1.807) is 32.9 Å². The maximum absolute atomic E-state index is 11.5. The molecule has 0 heterocycles. The molecular formula is C11H15BN2O4. The Morgan fingerprint density at radius 1 is 1.44 bits per heavy atom. The third kappa shape index (κ3) is 4.54. The van der Waals surface area contributed by atoms with Crippen molar-refractivity contribution >= 4 is 24.3 Å². The summed E-state index contributed by atoms with van der Waals surface area (Å²) in [5.74, 6) is 0. The zero-order valence-electron chi connectivity index (χ0n) is 10.5. The number of hydrogen-bond acceptors (Lipinski definition) is 5. The first-order valence-corrected chi connectivity index (χ1v) is 5.42. The number of anilines is 1. The van der Waals surface area contributed by atoms with Crippen LogP contribution in [0.4, 0.5) is 10.5 Å². The van der Waals surface area contributed by atoms with Gasteiger partial charge in [-0.1, -0.05) is 17.2 Å². The molecule has 1 aromatic rings. The molecule has 0 aromatic heterocycles. The summed E-state index contributed by atoms with van der Waals surface area (Å²) < 4.78 is 5.07. The van der Waals surface area contributed by atoms with Crippen LogP contribution in [-0.4, -0.2) is 23.8 Å². The van der Waals surface area contributed by atoms with Crippen LogP contribution in [0.3, 0.4) is 0 Å². The molecule has 0 aliphatic rings. The lowest BCUT2D eigenvalue weighted by atomic mass is 9.76. The van der Waals surface area contributed by atoms with Crippen molar-refractivity contribution in [2.45, 2.75) is 26.4 Å². The first-order valence-electron chi connectivity index (χ1n) is 5.42. The van der Waals surface area contributed by atoms with E-state index in [0.29, 0.717) is 11.2 Å². The number of nitrogens with one attached hydrogen (secondary N) is 1. The Morgan fingerprint density at radius 2 is 2.11 bits per heavy atom. The third-order valence-electron chi connectivity index (χ3n) is 1.93. The van der Waals surface area contributed by atoms with Crippen molar-refractivity contribution in [2.75, 3.05) is 5.32 Å². The average molecular weight is 250 g/mol. The minimum atomic E-state index is -1.44. The van der Waals surface area contributed by atoms with Gasteiger partial charge < -0.3 is 9.76 Å². The summed E-state index contributed by atoms with van der Waals surface area (Å²) in [5.41, 5.74) is 0.133. The zero-order chi connectivity index (χ0) is 13.8. The number of nitroso groups, excluding NO2 is 1. The monoisotopic (exact) mass is 250 g/mol. The van der Waals surface area contributed by atoms with Gasteiger partial charge in [-0.05, 0) is 38.4 Å². The molecule has 0 unspecified atom stereocenters. The van der Waals surface area contributed by atoms with E-state index in [9.17, 15) is 14.7 Å². The normalized spacial score (nSPS) is 10.7. The molecule has 1 aromatic carbocycles. The van der Waals surface area contributed by atoms with Crippen LogP contribution >= 0.6 is 0 Å². The van der Waals surface area contributed by atoms with Crippen LogP contribution in [0.15, 0.2) is 29.4 Å². The molecule has 0 bridgehead atoms. The highest BCUT2D eigenvalue weighted by Gasteiger charge is 2.18. The van der Waals surface area contributed by atoms with Crippen molar-refractivity contribution in [3.63, 3.8) is 0 Å². The van der Waals surface area contributed by atoms with Crippen molar-refractivity contribution < 1.29 is 14.6 Å². The van der Waals surface area contributed by atoms with Gasteiger partial charge in [-0.15, -0.1) is 0 Å². The summed E-state index contributed by atoms with van der Waals surface area (Å²) in [5, 5.41) is 14.3. The number of rotatable bonds is 3. The summed E-state index contributed by atoms with van der Waals surface area (Å²) in [7, 11) is -1.44. The van der Waals surface area contributed by atoms with E-state index in [1.807, 2.05) is 0 Å². The van der Waals surface area contributed by atoms with E-state index in [-0.39, 0.29) is 0 Å². The Morgan fingerprint density at radius 3 is 2.67 bits per heavy atom. The predicted molar refractivity (Wildman–Crippen MR) is 69.7 cm³/mol. The van der Waals surface area contributed by atoms with Crippen LogP contribution in [0.2, 0.25) is 0 Å². The van der Waals surface area contributed by atoms with Gasteiger partial charge in [-0.3, -0.25) is 5.32 Å². The van der Waals surface area contributed by atoms with Crippen molar-refractivity contribution in [2.24, 2.45) is 5.09 Å². The lowest BCUT2D eigenvalue weighted by molar-refractivity contribution is 0.0636. The Labute approximate surface area is 105 Å². The van der Waals surface area contributed by atoms with Crippen LogP contribution < -0.4 is 10.8 Å². The van der Waals surface area contributed by atoms with Gasteiger partial charge in [0, 0.05) is 5.69 Å². The second kappa shape index (κ2) is 5.64. The molecule has 18 heavy (non-hydrogen) atoms. The molecule has 1 rings (SSSR count). The molecule has 2 N–H and O–H groups in total. The number of nitrogens with zero attached hydrogens (tertiary/aromatic N) is 1. The number of amides is 1. The Kier molecular flexibility index (Phi) is 4.44. The molecule has 1 amide bonds. The maximum Gasteiger partial charge on any atom is 0.517 e. The molecule has 0 aliphatic heterocycles. The van der Waals surface area contributed by atoms with E-state index < -0.39 is 18.7 Å². The van der Waals surface area contributed by atoms with E-state index in [4.69, 9.17) is 4.74 Å². The summed E-state index contributed by atoms with van der Waals surface area (Å²) >= 11 is 0. The van der Waals surface area contributed by atoms with Gasteiger partial charge in [-0.25, -0.2) is 4.79 Å². The molecule has 0 aliphatic carbocycles. The zero-order valence-corrected chi connectivity index (χ0v) is 10.5. The van der Waals surface area contributed by atoms with Crippen molar-refractivity contribution in [1.29, 1.82) is 0 Å². The molecular weight excluding hydrogens is 235 g/mol. The second-order valence-corrected chi connectivity index (χ2v) is 4.73. The van der Waals surface area contributed by atoms with Gasteiger partial charge in [0.25, 0.3) is 0 Å². The van der Waals surface area contributed by atoms with Crippen molar-refractivity contribution in [3.8, 4) is 0 Å². The SMILES string of the molecule is CC(C)(C)OC(=O)Nc1cccc(B(O)N=O)c1. The first kappa shape index (κ1) is 14.2. The quantitative estimate of drug-likeness (QED) is 0.628. The summed E-state index contributed by atoms with van der Waals surface area (Å²) in [4.78, 5) is 21.7. The molecule has 6 nitrogen and oxygen atoms in total. The highest BCUT2D eigenvalue weighted by atomic mass is 16.6. The second-order valence-electron chi connectivity index (χ2n) is 4.73. The topological polar surface area (TPSA) is 88.0 Å². The minimum absolute atomic E-state index is 0.304. The molecule has 0 saturated carbocycles. The smallest absolute Gasteiger partial charge is 0.444 e. The number of ether oxygens (including phenoxy) is 1. The van der Waals surface area contributed by atoms with Gasteiger partial charge >= 0.3 is 13.1 Å². The standard InChI is InChI=1S/C11H15BN2O4/c1-11(2,3)18-10(15)13-9-6-4-5-8(7-9)12(16)14-17/h4-7,16H,1-3H3,(H,13,15). The van der Waals surface area contributed by atoms with Crippen LogP contribution in [0.25, 0.3) is 0 Å². The van der Waals surface area contributed by atoms with Crippen molar-refractivity contribution in [1.82, 2.24) is 0 Å². The molecule has 0 spiro atoms. The Hall–Kier alpha value is -1.89. The van der Waals surface area contributed by atoms with E-state index in [2.05, 4.69) is 10.4 Å². The lowest BCUT2D eigenvalue weighted by Gasteiger charge is -2.19. The largest absolute Gasteiger partial charge is 0.517 e. The Bertz CT molecular complexity index is 445. The molecule has 0 fully saturated rings. The number of carbonyl (C=O) groups is 1. The van der Waals surface area contributed by atoms with E-state index in [1.165, 1.54) is 12.1 Å². The highest BCUT2D eigenvalue weighted by Crippen LogP contribution is 2.10. The molecule has 0 radical (unpaired) electrons. The van der Waals surface area contributed by atoms with E-state index in [0.717, 1.165) is 0 Å². The summed E-state index contributed by atoms with van der Waals surface area (Å²) in [6, 6.07) is 6.20. The van der Waals surface area contributed by atoms with Gasteiger partial charge in [0.05, 0.1) is 0 Å². The fraction of sp³-hybridized carbons (Fsp3) is 0.364. The molecule has 0 saturated heterocycles. The number of carbonyl (C=O) groups excluding carboxylic acids is 1. The Balaban J connectivity index is 2.73. The van der Waals surface area contributed by atoms with Gasteiger partial charge in [0.15, 0.2) is 0 Å². The number of benzene rings is 1. The average Bonchev–Trinajstić information content (AvgIpc) is 2.25. The maximum atomic E-state index is 11.5. The summed E-state index contributed by atoms with van der Waals surface area (Å²) in [6.45, 7) is 5.26. The molecule has 96 valence electrons.